The Morgan fingerprint density at radius 3 is 2.20 bits per heavy atom. The molecule has 1 aromatic heterocycles. The van der Waals surface area contributed by atoms with Gasteiger partial charge in [-0.1, -0.05) is 15.9 Å². The first kappa shape index (κ1) is 31.4. The van der Waals surface area contributed by atoms with Crippen molar-refractivity contribution in [1.29, 1.82) is 0 Å². The van der Waals surface area contributed by atoms with Gasteiger partial charge < -0.3 is 39.1 Å². The van der Waals surface area contributed by atoms with E-state index in [1.165, 1.54) is 0 Å². The van der Waals surface area contributed by atoms with Gasteiger partial charge in [0, 0.05) is 42.0 Å². The van der Waals surface area contributed by atoms with Gasteiger partial charge in [0.15, 0.2) is 30.2 Å². The number of H-pyrrole nitrogens is 1. The van der Waals surface area contributed by atoms with Gasteiger partial charge in [0.2, 0.25) is 11.0 Å². The number of aromatic amines is 1. The fraction of sp³-hybridized carbons (Fsp3) is 0.435. The summed E-state index contributed by atoms with van der Waals surface area (Å²) in [5.41, 5.74) is 0.649. The number of hydrogen-bond donors (Lipinski definition) is 3. The Balaban J connectivity index is 1.94. The molecule has 0 saturated carbocycles. The number of benzene rings is 1. The molecule has 5 atom stereocenters. The van der Waals surface area contributed by atoms with Crippen molar-refractivity contribution < 1.29 is 48.0 Å². The normalized spacial score (nSPS) is 22.5. The Bertz CT molecular complexity index is 1370. The fourth-order valence-electron chi connectivity index (χ4n) is 3.88. The third-order valence-corrected chi connectivity index (χ3v) is 6.56. The van der Waals surface area contributed by atoms with E-state index in [0.717, 1.165) is 27.7 Å². The Morgan fingerprint density at radius 2 is 1.60 bits per heavy atom. The van der Waals surface area contributed by atoms with Crippen molar-refractivity contribution in [2.24, 2.45) is 10.2 Å². The fourth-order valence-corrected chi connectivity index (χ4v) is 5.37. The molecule has 3 rings (SSSR count). The Kier molecular flexibility index (Phi) is 10.6. The van der Waals surface area contributed by atoms with Crippen LogP contribution in [0.4, 0.5) is 5.69 Å². The highest BCUT2D eigenvalue weighted by Crippen LogP contribution is 2.40. The van der Waals surface area contributed by atoms with Crippen LogP contribution < -0.4 is 5.32 Å². The number of nitrogens with one attached hydrogen (secondary N) is 2. The molecule has 0 radical (unpaired) electrons. The van der Waals surface area contributed by atoms with Crippen molar-refractivity contribution >= 4 is 89.7 Å². The molecule has 216 valence electrons. The molecule has 0 bridgehead atoms. The molecule has 1 saturated heterocycles. The van der Waals surface area contributed by atoms with Crippen molar-refractivity contribution in [2.75, 3.05) is 6.61 Å². The summed E-state index contributed by atoms with van der Waals surface area (Å²) in [6, 6.07) is 3.48. The van der Waals surface area contributed by atoms with Crippen LogP contribution in [0.1, 0.15) is 27.7 Å². The summed E-state index contributed by atoms with van der Waals surface area (Å²) < 4.78 is 28.4. The highest BCUT2D eigenvalue weighted by atomic mass is 79.9. The third-order valence-electron chi connectivity index (χ3n) is 5.28. The van der Waals surface area contributed by atoms with Crippen LogP contribution in [-0.4, -0.2) is 76.3 Å². The number of halogens is 2. The van der Waals surface area contributed by atoms with Gasteiger partial charge in [0.25, 0.3) is 0 Å². The van der Waals surface area contributed by atoms with Crippen molar-refractivity contribution in [2.45, 2.75) is 58.3 Å². The molecule has 0 aliphatic carbocycles. The molecule has 0 amide bonds. The van der Waals surface area contributed by atoms with Crippen molar-refractivity contribution in [3.63, 3.8) is 0 Å². The number of azo groups is 1. The number of fused-ring (bicyclic) bond motifs is 1. The zero-order valence-corrected chi connectivity index (χ0v) is 25.4. The van der Waals surface area contributed by atoms with Gasteiger partial charge in [0.05, 0.1) is 5.52 Å². The number of thiocarbonyl (C=S) groups is 1. The minimum Gasteiger partial charge on any atom is -0.493 e. The SMILES string of the molecule is CC(=O)OC[C@H]1O[C@@H](NC(=S)N=Nc2c(O)[nH]c3c(Br)cc(Br)cc23)[C@H](OC(C)=O)[C@@H](OC(C)=O)[C@@H]1OC(C)=O. The molecular formula is C23H24Br2N4O10S. The number of aromatic nitrogens is 1. The summed E-state index contributed by atoms with van der Waals surface area (Å²) in [6.07, 6.45) is -6.59. The van der Waals surface area contributed by atoms with Gasteiger partial charge >= 0.3 is 23.9 Å². The zero-order chi connectivity index (χ0) is 29.7. The smallest absolute Gasteiger partial charge is 0.303 e. The highest BCUT2D eigenvalue weighted by Gasteiger charge is 2.52. The topological polar surface area (TPSA) is 187 Å². The van der Waals surface area contributed by atoms with E-state index in [2.05, 4.69) is 52.4 Å². The lowest BCUT2D eigenvalue weighted by atomic mass is 9.97. The lowest BCUT2D eigenvalue weighted by molar-refractivity contribution is -0.254. The van der Waals surface area contributed by atoms with Crippen LogP contribution >= 0.6 is 44.1 Å². The Hall–Kier alpha value is -3.15. The van der Waals surface area contributed by atoms with Crippen LogP contribution in [0.3, 0.4) is 0 Å². The second-order valence-corrected chi connectivity index (χ2v) is 10.6. The van der Waals surface area contributed by atoms with Gasteiger partial charge in [-0.25, -0.2) is 0 Å². The molecule has 1 fully saturated rings. The minimum absolute atomic E-state index is 0.0858. The first-order valence-corrected chi connectivity index (χ1v) is 13.5. The Morgan fingerprint density at radius 1 is 1.00 bits per heavy atom. The molecule has 14 nitrogen and oxygen atoms in total. The van der Waals surface area contributed by atoms with Crippen LogP contribution in [0.2, 0.25) is 0 Å². The van der Waals surface area contributed by atoms with E-state index in [1.807, 2.05) is 0 Å². The number of rotatable bonds is 7. The summed E-state index contributed by atoms with van der Waals surface area (Å²) in [6.45, 7) is 4.10. The number of carbonyl (C=O) groups is 4. The minimum atomic E-state index is -1.39. The molecule has 2 heterocycles. The molecule has 1 aromatic carbocycles. The van der Waals surface area contributed by atoms with E-state index >= 15 is 0 Å². The zero-order valence-electron chi connectivity index (χ0n) is 21.4. The lowest BCUT2D eigenvalue weighted by Crippen LogP contribution is -2.66. The molecule has 3 N–H and O–H groups in total. The third kappa shape index (κ3) is 7.96. The molecular weight excluding hydrogens is 684 g/mol. The van der Waals surface area contributed by atoms with Gasteiger partial charge in [-0.3, -0.25) is 19.2 Å². The number of aromatic hydroxyl groups is 1. The van der Waals surface area contributed by atoms with Crippen molar-refractivity contribution in [3.05, 3.63) is 21.1 Å². The van der Waals surface area contributed by atoms with E-state index in [-0.39, 0.29) is 16.7 Å². The second-order valence-electron chi connectivity index (χ2n) is 8.40. The molecule has 0 unspecified atom stereocenters. The standard InChI is InChI=1S/C23H24Br2N4O10S/c1-8(30)35-7-15-18(36-9(2)31)19(37-10(3)32)20(38-11(4)33)22(39-15)27-23(40)29-28-17-13-5-12(24)6-14(25)16(13)26-21(17)34/h5-6,15,18-20,22,26,34H,7H2,1-4H3,(H,27,40)/t15-,18-,19+,20-,22-/m1/s1. The van der Waals surface area contributed by atoms with E-state index in [1.54, 1.807) is 12.1 Å². The molecule has 2 aromatic rings. The quantitative estimate of drug-likeness (QED) is 0.165. The number of esters is 4. The van der Waals surface area contributed by atoms with Gasteiger partial charge in [-0.15, -0.1) is 10.2 Å². The largest absolute Gasteiger partial charge is 0.493 e. The first-order valence-electron chi connectivity index (χ1n) is 11.5. The number of nitrogens with zero attached hydrogens (tertiary/aromatic N) is 2. The molecule has 1 aliphatic rings. The van der Waals surface area contributed by atoms with Crippen molar-refractivity contribution in [3.8, 4) is 5.88 Å². The second kappa shape index (κ2) is 13.5. The van der Waals surface area contributed by atoms with Gasteiger partial charge in [0.1, 0.15) is 12.7 Å². The number of carbonyl (C=O) groups excluding carboxylic acids is 4. The maximum atomic E-state index is 12.0. The van der Waals surface area contributed by atoms with E-state index in [9.17, 15) is 24.3 Å². The van der Waals surface area contributed by atoms with Crippen LogP contribution in [0.25, 0.3) is 10.9 Å². The monoisotopic (exact) mass is 706 g/mol. The highest BCUT2D eigenvalue weighted by molar-refractivity contribution is 9.11. The average Bonchev–Trinajstić information content (AvgIpc) is 3.14. The maximum Gasteiger partial charge on any atom is 0.303 e. The number of hydrogen-bond acceptors (Lipinski definition) is 12. The molecule has 17 heteroatoms. The average molecular weight is 708 g/mol. The van der Waals surface area contributed by atoms with Crippen LogP contribution in [0.5, 0.6) is 5.88 Å². The first-order chi connectivity index (χ1) is 18.8. The van der Waals surface area contributed by atoms with E-state index < -0.39 is 61.1 Å². The van der Waals surface area contributed by atoms with E-state index in [0.29, 0.717) is 19.8 Å². The van der Waals surface area contributed by atoms with Crippen LogP contribution in [0, 0.1) is 0 Å². The predicted molar refractivity (Wildman–Crippen MR) is 148 cm³/mol. The summed E-state index contributed by atoms with van der Waals surface area (Å²) in [4.78, 5) is 50.0. The predicted octanol–water partition coefficient (Wildman–Crippen LogP) is 3.44. The number of ether oxygens (including phenoxy) is 5. The summed E-state index contributed by atoms with van der Waals surface area (Å²) in [5.74, 6) is -3.23. The lowest BCUT2D eigenvalue weighted by Gasteiger charge is -2.44. The molecule has 1 aliphatic heterocycles. The Labute approximate surface area is 249 Å². The summed E-state index contributed by atoms with van der Waals surface area (Å²) in [7, 11) is 0. The molecule has 40 heavy (non-hydrogen) atoms. The maximum absolute atomic E-state index is 12.0. The van der Waals surface area contributed by atoms with Crippen molar-refractivity contribution in [1.82, 2.24) is 10.3 Å². The van der Waals surface area contributed by atoms with Gasteiger partial charge in [-0.05, 0) is 40.3 Å². The van der Waals surface area contributed by atoms with E-state index in [4.69, 9.17) is 35.9 Å². The van der Waals surface area contributed by atoms with Crippen LogP contribution in [-0.2, 0) is 42.9 Å². The summed E-state index contributed by atoms with van der Waals surface area (Å²) >= 11 is 12.1. The van der Waals surface area contributed by atoms with Crippen LogP contribution in [0.15, 0.2) is 31.3 Å². The molecule has 0 spiro atoms. The van der Waals surface area contributed by atoms with Gasteiger partial charge in [-0.2, -0.15) is 0 Å². The summed E-state index contributed by atoms with van der Waals surface area (Å²) in [5, 5.41) is 21.3.